The zero-order chi connectivity index (χ0) is 20.2. The van der Waals surface area contributed by atoms with Gasteiger partial charge in [0.2, 0.25) is 17.8 Å². The van der Waals surface area contributed by atoms with Crippen LogP contribution in [0.2, 0.25) is 0 Å². The lowest BCUT2D eigenvalue weighted by Gasteiger charge is -2.18. The minimum absolute atomic E-state index is 0.0576. The molecule has 9 heteroatoms. The maximum atomic E-state index is 12.4. The molecule has 2 aliphatic rings. The van der Waals surface area contributed by atoms with Gasteiger partial charge in [0.1, 0.15) is 11.9 Å². The molecule has 9 nitrogen and oxygen atoms in total. The third-order valence-corrected chi connectivity index (χ3v) is 5.46. The van der Waals surface area contributed by atoms with Crippen LogP contribution in [-0.4, -0.2) is 38.9 Å². The van der Waals surface area contributed by atoms with Crippen molar-refractivity contribution in [1.29, 1.82) is 0 Å². The summed E-state index contributed by atoms with van der Waals surface area (Å²) in [5, 5.41) is 15.1. The Hall–Kier alpha value is -3.23. The summed E-state index contributed by atoms with van der Waals surface area (Å²) in [6.07, 6.45) is 6.03. The zero-order valence-corrected chi connectivity index (χ0v) is 16.0. The highest BCUT2D eigenvalue weighted by Crippen LogP contribution is 2.30. The number of carbonyl (C=O) groups is 3. The second-order valence-corrected chi connectivity index (χ2v) is 7.53. The van der Waals surface area contributed by atoms with Gasteiger partial charge in [-0.2, -0.15) is 4.98 Å². The molecule has 0 spiro atoms. The van der Waals surface area contributed by atoms with Crippen LogP contribution in [0.4, 0.5) is 11.6 Å². The first kappa shape index (κ1) is 19.1. The zero-order valence-electron chi connectivity index (χ0n) is 16.0. The van der Waals surface area contributed by atoms with E-state index in [9.17, 15) is 14.4 Å². The van der Waals surface area contributed by atoms with Gasteiger partial charge >= 0.3 is 0 Å². The average Bonchev–Trinajstić information content (AvgIpc) is 3.15. The lowest BCUT2D eigenvalue weighted by Crippen LogP contribution is -2.41. The fraction of sp³-hybridized carbons (Fsp3) is 0.450. The van der Waals surface area contributed by atoms with Crippen LogP contribution >= 0.6 is 0 Å². The number of rotatable bonds is 5. The summed E-state index contributed by atoms with van der Waals surface area (Å²) in [5.74, 6) is 0.450. The van der Waals surface area contributed by atoms with E-state index in [-0.39, 0.29) is 36.5 Å². The Balaban J connectivity index is 1.31. The van der Waals surface area contributed by atoms with Gasteiger partial charge in [-0.1, -0.05) is 31.4 Å². The Morgan fingerprint density at radius 1 is 1.14 bits per heavy atom. The molecule has 2 aromatic rings. The average molecular weight is 396 g/mol. The van der Waals surface area contributed by atoms with E-state index in [4.69, 9.17) is 0 Å². The third kappa shape index (κ3) is 4.44. The maximum Gasteiger partial charge on any atom is 0.254 e. The molecular weight excluding hydrogens is 372 g/mol. The number of benzene rings is 1. The predicted molar refractivity (Wildman–Crippen MR) is 106 cm³/mol. The molecule has 1 aliphatic carbocycles. The fourth-order valence-corrected chi connectivity index (χ4v) is 3.87. The molecule has 0 bridgehead atoms. The van der Waals surface area contributed by atoms with Gasteiger partial charge in [0.25, 0.3) is 5.91 Å². The van der Waals surface area contributed by atoms with Gasteiger partial charge in [-0.25, -0.2) is 0 Å². The number of nitrogens with zero attached hydrogens (tertiary/aromatic N) is 2. The number of carbonyl (C=O) groups excluding carboxylic acids is 3. The van der Waals surface area contributed by atoms with Crippen LogP contribution in [0.15, 0.2) is 24.3 Å². The van der Waals surface area contributed by atoms with Crippen molar-refractivity contribution >= 4 is 29.4 Å². The predicted octanol–water partition coefficient (Wildman–Crippen LogP) is 2.32. The molecule has 1 atom stereocenters. The Morgan fingerprint density at radius 2 is 1.93 bits per heavy atom. The van der Waals surface area contributed by atoms with Crippen molar-refractivity contribution in [2.45, 2.75) is 56.9 Å². The topological polar surface area (TPSA) is 129 Å². The van der Waals surface area contributed by atoms with Crippen LogP contribution in [0.25, 0.3) is 0 Å². The highest BCUT2D eigenvalue weighted by Gasteiger charge is 2.28. The Bertz CT molecular complexity index is 918. The highest BCUT2D eigenvalue weighted by atomic mass is 16.2. The first-order chi connectivity index (χ1) is 14.1. The van der Waals surface area contributed by atoms with Crippen molar-refractivity contribution < 1.29 is 14.4 Å². The molecule has 0 saturated heterocycles. The van der Waals surface area contributed by atoms with Crippen LogP contribution in [0.5, 0.6) is 0 Å². The molecule has 1 aromatic carbocycles. The highest BCUT2D eigenvalue weighted by molar-refractivity contribution is 6.09. The first-order valence-electron chi connectivity index (χ1n) is 10.0. The van der Waals surface area contributed by atoms with Crippen molar-refractivity contribution in [3.05, 3.63) is 35.7 Å². The quantitative estimate of drug-likeness (QED) is 0.616. The number of para-hydroxylation sites is 1. The molecular formula is C20H24N6O3. The first-order valence-corrected chi connectivity index (χ1v) is 10.0. The van der Waals surface area contributed by atoms with Gasteiger partial charge in [-0.3, -0.25) is 24.8 Å². The van der Waals surface area contributed by atoms with E-state index in [1.54, 1.807) is 24.3 Å². The summed E-state index contributed by atoms with van der Waals surface area (Å²) >= 11 is 0. The Kier molecular flexibility index (Phi) is 5.55. The van der Waals surface area contributed by atoms with Gasteiger partial charge < -0.3 is 10.6 Å². The molecule has 4 N–H and O–H groups in total. The number of amides is 3. The Labute approximate surface area is 168 Å². The molecule has 0 unspecified atom stereocenters. The van der Waals surface area contributed by atoms with E-state index in [2.05, 4.69) is 31.1 Å². The normalized spacial score (nSPS) is 19.7. The number of anilines is 2. The van der Waals surface area contributed by atoms with Gasteiger partial charge in [-0.15, -0.1) is 5.10 Å². The summed E-state index contributed by atoms with van der Waals surface area (Å²) in [4.78, 5) is 41.4. The molecule has 152 valence electrons. The van der Waals surface area contributed by atoms with Gasteiger partial charge in [0.05, 0.1) is 11.3 Å². The molecule has 1 aromatic heterocycles. The fourth-order valence-electron chi connectivity index (χ4n) is 3.87. The summed E-state index contributed by atoms with van der Waals surface area (Å²) < 4.78 is 0. The summed E-state index contributed by atoms with van der Waals surface area (Å²) in [6.45, 7) is 0. The molecule has 1 saturated carbocycles. The lowest BCUT2D eigenvalue weighted by molar-refractivity contribution is -0.118. The summed E-state index contributed by atoms with van der Waals surface area (Å²) in [5.41, 5.74) is 0.877. The number of nitrogens with one attached hydrogen (secondary N) is 4. The summed E-state index contributed by atoms with van der Waals surface area (Å²) in [6, 6.07) is 6.02. The molecule has 4 rings (SSSR count). The van der Waals surface area contributed by atoms with E-state index in [0.717, 1.165) is 18.7 Å². The van der Waals surface area contributed by atoms with E-state index in [1.165, 1.54) is 19.3 Å². The summed E-state index contributed by atoms with van der Waals surface area (Å²) in [7, 11) is 0. The van der Waals surface area contributed by atoms with Crippen LogP contribution in [0, 0.1) is 0 Å². The number of aromatic amines is 1. The van der Waals surface area contributed by atoms with Gasteiger partial charge in [0.15, 0.2) is 0 Å². The van der Waals surface area contributed by atoms with Crippen molar-refractivity contribution in [3.63, 3.8) is 0 Å². The molecule has 1 fully saturated rings. The second-order valence-electron chi connectivity index (χ2n) is 7.53. The van der Waals surface area contributed by atoms with Gasteiger partial charge in [0, 0.05) is 12.3 Å². The number of hydrogen-bond acceptors (Lipinski definition) is 5. The van der Waals surface area contributed by atoms with Crippen molar-refractivity contribution in [1.82, 2.24) is 20.5 Å². The SMILES string of the molecule is O=C(CC[C@@H]1NC(=O)c2ccccc2NC1=O)Nc1n[nH]c(C2CCCCC2)n1. The van der Waals surface area contributed by atoms with E-state index >= 15 is 0 Å². The largest absolute Gasteiger partial charge is 0.340 e. The number of H-pyrrole nitrogens is 1. The van der Waals surface area contributed by atoms with E-state index < -0.39 is 6.04 Å². The van der Waals surface area contributed by atoms with Crippen LogP contribution in [-0.2, 0) is 9.59 Å². The van der Waals surface area contributed by atoms with Gasteiger partial charge in [-0.05, 0) is 31.4 Å². The number of hydrogen-bond donors (Lipinski definition) is 4. The van der Waals surface area contributed by atoms with Crippen molar-refractivity contribution in [2.24, 2.45) is 0 Å². The molecule has 0 radical (unpaired) electrons. The van der Waals surface area contributed by atoms with Crippen LogP contribution in [0.1, 0.15) is 67.0 Å². The monoisotopic (exact) mass is 396 g/mol. The standard InChI is InChI=1S/C20H24N6O3/c27-16(23-20-24-17(25-26-20)12-6-2-1-3-7-12)11-10-15-19(29)21-14-9-5-4-8-13(14)18(28)22-15/h4-5,8-9,12,15H,1-3,6-7,10-11H2,(H,21,29)(H,22,28)(H2,23,24,25,26,27)/t15-/m0/s1. The minimum Gasteiger partial charge on any atom is -0.340 e. The second kappa shape index (κ2) is 8.42. The number of fused-ring (bicyclic) bond motifs is 1. The third-order valence-electron chi connectivity index (χ3n) is 5.46. The smallest absolute Gasteiger partial charge is 0.254 e. The van der Waals surface area contributed by atoms with E-state index in [1.807, 2.05) is 0 Å². The Morgan fingerprint density at radius 3 is 2.76 bits per heavy atom. The van der Waals surface area contributed by atoms with Crippen LogP contribution in [0.3, 0.4) is 0 Å². The molecule has 1 aliphatic heterocycles. The lowest BCUT2D eigenvalue weighted by atomic mass is 9.89. The van der Waals surface area contributed by atoms with Crippen LogP contribution < -0.4 is 16.0 Å². The maximum absolute atomic E-state index is 12.4. The molecule has 29 heavy (non-hydrogen) atoms. The van der Waals surface area contributed by atoms with Crippen molar-refractivity contribution in [2.75, 3.05) is 10.6 Å². The number of aromatic nitrogens is 3. The molecule has 3 amide bonds. The molecule has 2 heterocycles. The van der Waals surface area contributed by atoms with E-state index in [0.29, 0.717) is 17.2 Å². The minimum atomic E-state index is -0.786. The van der Waals surface area contributed by atoms with Crippen molar-refractivity contribution in [3.8, 4) is 0 Å².